The Kier molecular flexibility index (Phi) is 6.15. The van der Waals surface area contributed by atoms with Crippen LogP contribution in [0.2, 0.25) is 0 Å². The highest BCUT2D eigenvalue weighted by Crippen LogP contribution is 2.08. The molecule has 1 aromatic heterocycles. The molecule has 1 aromatic rings. The first-order valence-corrected chi connectivity index (χ1v) is 6.42. The standard InChI is InChI=1S/C12H17BrN2O2/c1-15(7-3-2-4-8-16)12(17)10-5-6-11(13)14-9-10/h5-6,9,16H,2-4,7-8H2,1H3. The molecule has 0 aliphatic carbocycles. The Hall–Kier alpha value is -0.940. The van der Waals surface area contributed by atoms with Crippen molar-refractivity contribution >= 4 is 21.8 Å². The Bertz CT molecular complexity index is 354. The van der Waals surface area contributed by atoms with E-state index in [9.17, 15) is 4.79 Å². The molecule has 5 heteroatoms. The zero-order valence-corrected chi connectivity index (χ0v) is 11.5. The molecular formula is C12H17BrN2O2. The monoisotopic (exact) mass is 300 g/mol. The van der Waals surface area contributed by atoms with Crippen LogP contribution in [0.3, 0.4) is 0 Å². The number of hydrogen-bond donors (Lipinski definition) is 1. The molecule has 0 spiro atoms. The molecule has 0 aliphatic heterocycles. The first-order valence-electron chi connectivity index (χ1n) is 5.63. The van der Waals surface area contributed by atoms with Gasteiger partial charge < -0.3 is 10.0 Å². The number of hydrogen-bond acceptors (Lipinski definition) is 3. The molecule has 0 saturated heterocycles. The summed E-state index contributed by atoms with van der Waals surface area (Å²) in [6.45, 7) is 0.920. The van der Waals surface area contributed by atoms with E-state index in [-0.39, 0.29) is 12.5 Å². The van der Waals surface area contributed by atoms with Gasteiger partial charge in [0, 0.05) is 26.4 Å². The summed E-state index contributed by atoms with van der Waals surface area (Å²) in [5.41, 5.74) is 0.595. The van der Waals surface area contributed by atoms with Crippen LogP contribution in [0.5, 0.6) is 0 Å². The number of halogens is 1. The van der Waals surface area contributed by atoms with Gasteiger partial charge in [0.25, 0.3) is 5.91 Å². The number of carbonyl (C=O) groups is 1. The Morgan fingerprint density at radius 3 is 2.76 bits per heavy atom. The summed E-state index contributed by atoms with van der Waals surface area (Å²) >= 11 is 3.23. The van der Waals surface area contributed by atoms with Crippen molar-refractivity contribution in [3.05, 3.63) is 28.5 Å². The number of nitrogens with zero attached hydrogens (tertiary/aromatic N) is 2. The zero-order chi connectivity index (χ0) is 12.7. The number of pyridine rings is 1. The molecule has 1 amide bonds. The highest BCUT2D eigenvalue weighted by atomic mass is 79.9. The van der Waals surface area contributed by atoms with Gasteiger partial charge in [0.05, 0.1) is 5.56 Å². The van der Waals surface area contributed by atoms with Crippen LogP contribution in [-0.4, -0.2) is 41.1 Å². The molecule has 94 valence electrons. The van der Waals surface area contributed by atoms with E-state index in [1.807, 2.05) is 0 Å². The molecule has 4 nitrogen and oxygen atoms in total. The summed E-state index contributed by atoms with van der Waals surface area (Å²) in [5.74, 6) is -0.0194. The van der Waals surface area contributed by atoms with E-state index in [0.717, 1.165) is 23.9 Å². The van der Waals surface area contributed by atoms with Crippen LogP contribution >= 0.6 is 15.9 Å². The molecule has 0 radical (unpaired) electrons. The summed E-state index contributed by atoms with van der Waals surface area (Å²) < 4.78 is 0.722. The Labute approximate surface area is 110 Å². The third-order valence-electron chi connectivity index (χ3n) is 2.47. The molecule has 0 saturated carbocycles. The Balaban J connectivity index is 2.43. The molecule has 0 fully saturated rings. The molecule has 17 heavy (non-hydrogen) atoms. The van der Waals surface area contributed by atoms with E-state index < -0.39 is 0 Å². The average molecular weight is 301 g/mol. The number of aliphatic hydroxyl groups is 1. The lowest BCUT2D eigenvalue weighted by Gasteiger charge is -2.16. The van der Waals surface area contributed by atoms with Crippen molar-refractivity contribution < 1.29 is 9.90 Å². The number of amides is 1. The van der Waals surface area contributed by atoms with Crippen LogP contribution in [0.15, 0.2) is 22.9 Å². The minimum atomic E-state index is -0.0194. The number of aliphatic hydroxyl groups excluding tert-OH is 1. The van der Waals surface area contributed by atoms with Crippen molar-refractivity contribution in [1.82, 2.24) is 9.88 Å². The third-order valence-corrected chi connectivity index (χ3v) is 2.94. The van der Waals surface area contributed by atoms with Crippen molar-refractivity contribution in [2.45, 2.75) is 19.3 Å². The lowest BCUT2D eigenvalue weighted by atomic mass is 10.2. The van der Waals surface area contributed by atoms with Gasteiger partial charge in [-0.25, -0.2) is 4.98 Å². The number of carbonyl (C=O) groups excluding carboxylic acids is 1. The zero-order valence-electron chi connectivity index (χ0n) is 9.90. The lowest BCUT2D eigenvalue weighted by molar-refractivity contribution is 0.0791. The first-order chi connectivity index (χ1) is 8.15. The Morgan fingerprint density at radius 2 is 2.18 bits per heavy atom. The minimum Gasteiger partial charge on any atom is -0.396 e. The third kappa shape index (κ3) is 4.83. The quantitative estimate of drug-likeness (QED) is 0.646. The number of rotatable bonds is 6. The van der Waals surface area contributed by atoms with Crippen LogP contribution < -0.4 is 0 Å². The van der Waals surface area contributed by atoms with Crippen LogP contribution in [0.1, 0.15) is 29.6 Å². The van der Waals surface area contributed by atoms with Gasteiger partial charge in [0.1, 0.15) is 4.60 Å². The van der Waals surface area contributed by atoms with Gasteiger partial charge in [-0.05, 0) is 47.3 Å². The highest BCUT2D eigenvalue weighted by Gasteiger charge is 2.11. The molecule has 0 atom stereocenters. The second-order valence-corrected chi connectivity index (χ2v) is 4.69. The topological polar surface area (TPSA) is 53.4 Å². The van der Waals surface area contributed by atoms with Crippen molar-refractivity contribution in [3.8, 4) is 0 Å². The summed E-state index contributed by atoms with van der Waals surface area (Å²) in [7, 11) is 1.78. The van der Waals surface area contributed by atoms with Gasteiger partial charge in [-0.2, -0.15) is 0 Å². The SMILES string of the molecule is CN(CCCCCO)C(=O)c1ccc(Br)nc1. The minimum absolute atomic E-state index is 0.0194. The van der Waals surface area contributed by atoms with E-state index in [2.05, 4.69) is 20.9 Å². The average Bonchev–Trinajstić information content (AvgIpc) is 2.34. The molecule has 0 unspecified atom stereocenters. The largest absolute Gasteiger partial charge is 0.396 e. The van der Waals surface area contributed by atoms with Crippen molar-refractivity contribution in [2.75, 3.05) is 20.2 Å². The second kappa shape index (κ2) is 7.40. The Morgan fingerprint density at radius 1 is 1.41 bits per heavy atom. The highest BCUT2D eigenvalue weighted by molar-refractivity contribution is 9.10. The molecule has 1 heterocycles. The summed E-state index contributed by atoms with van der Waals surface area (Å²) in [6, 6.07) is 3.51. The van der Waals surface area contributed by atoms with Gasteiger partial charge in [-0.3, -0.25) is 4.79 Å². The van der Waals surface area contributed by atoms with E-state index in [4.69, 9.17) is 5.11 Å². The van der Waals surface area contributed by atoms with Gasteiger partial charge in [-0.15, -0.1) is 0 Å². The van der Waals surface area contributed by atoms with E-state index in [1.165, 1.54) is 0 Å². The fraction of sp³-hybridized carbons (Fsp3) is 0.500. The van der Waals surface area contributed by atoms with Crippen molar-refractivity contribution in [2.24, 2.45) is 0 Å². The maximum Gasteiger partial charge on any atom is 0.255 e. The molecule has 1 rings (SSSR count). The van der Waals surface area contributed by atoms with Crippen LogP contribution in [0.4, 0.5) is 0 Å². The molecule has 1 N–H and O–H groups in total. The van der Waals surface area contributed by atoms with Crippen molar-refractivity contribution in [3.63, 3.8) is 0 Å². The molecule has 0 bridgehead atoms. The maximum absolute atomic E-state index is 11.9. The fourth-order valence-electron chi connectivity index (χ4n) is 1.46. The van der Waals surface area contributed by atoms with E-state index >= 15 is 0 Å². The lowest BCUT2D eigenvalue weighted by Crippen LogP contribution is -2.27. The van der Waals surface area contributed by atoms with Gasteiger partial charge in [0.15, 0.2) is 0 Å². The normalized spacial score (nSPS) is 10.3. The molecule has 0 aromatic carbocycles. The van der Waals surface area contributed by atoms with Crippen LogP contribution in [-0.2, 0) is 0 Å². The fourth-order valence-corrected chi connectivity index (χ4v) is 1.70. The predicted octanol–water partition coefficient (Wildman–Crippen LogP) is 2.08. The molecular weight excluding hydrogens is 284 g/mol. The van der Waals surface area contributed by atoms with E-state index in [0.29, 0.717) is 12.1 Å². The predicted molar refractivity (Wildman–Crippen MR) is 69.8 cm³/mol. The first kappa shape index (κ1) is 14.1. The van der Waals surface area contributed by atoms with Crippen LogP contribution in [0.25, 0.3) is 0 Å². The number of unbranched alkanes of at least 4 members (excludes halogenated alkanes) is 2. The van der Waals surface area contributed by atoms with Gasteiger partial charge in [0.2, 0.25) is 0 Å². The molecule has 0 aliphatic rings. The summed E-state index contributed by atoms with van der Waals surface area (Å²) in [4.78, 5) is 17.7. The maximum atomic E-state index is 11.9. The second-order valence-electron chi connectivity index (χ2n) is 3.88. The van der Waals surface area contributed by atoms with Gasteiger partial charge in [-0.1, -0.05) is 0 Å². The number of aromatic nitrogens is 1. The summed E-state index contributed by atoms with van der Waals surface area (Å²) in [5, 5.41) is 8.65. The van der Waals surface area contributed by atoms with Crippen LogP contribution in [0, 0.1) is 0 Å². The van der Waals surface area contributed by atoms with Gasteiger partial charge >= 0.3 is 0 Å². The van der Waals surface area contributed by atoms with Crippen molar-refractivity contribution in [1.29, 1.82) is 0 Å². The smallest absolute Gasteiger partial charge is 0.255 e. The summed E-state index contributed by atoms with van der Waals surface area (Å²) in [6.07, 6.45) is 4.21. The van der Waals surface area contributed by atoms with E-state index in [1.54, 1.807) is 30.3 Å².